The maximum atomic E-state index is 12.0. The van der Waals surface area contributed by atoms with Gasteiger partial charge in [-0.2, -0.15) is 5.26 Å². The summed E-state index contributed by atoms with van der Waals surface area (Å²) in [5, 5.41) is 8.78. The lowest BCUT2D eigenvalue weighted by Crippen LogP contribution is -2.35. The molecule has 0 aromatic carbocycles. The Morgan fingerprint density at radius 3 is 2.83 bits per heavy atom. The lowest BCUT2D eigenvalue weighted by molar-refractivity contribution is 0.0584. The van der Waals surface area contributed by atoms with Crippen molar-refractivity contribution in [2.45, 2.75) is 32.8 Å². The van der Waals surface area contributed by atoms with E-state index in [1.165, 1.54) is 0 Å². The maximum Gasteiger partial charge on any atom is 0.414 e. The highest BCUT2D eigenvalue weighted by Crippen LogP contribution is 2.28. The second kappa shape index (κ2) is 4.30. The number of ether oxygens (including phenoxy) is 1. The number of hydrogen-bond acceptors (Lipinski definition) is 4. The quantitative estimate of drug-likeness (QED) is 0.703. The van der Waals surface area contributed by atoms with Crippen molar-refractivity contribution in [2.75, 3.05) is 11.4 Å². The number of fused-ring (bicyclic) bond motifs is 1. The van der Waals surface area contributed by atoms with Gasteiger partial charge in [-0.05, 0) is 32.9 Å². The normalized spacial score (nSPS) is 14.0. The molecule has 0 atom stereocenters. The topological polar surface area (TPSA) is 66.2 Å². The van der Waals surface area contributed by atoms with E-state index in [0.29, 0.717) is 18.7 Å². The molecule has 0 spiro atoms. The number of amides is 1. The third-order valence-corrected chi connectivity index (χ3v) is 2.54. The van der Waals surface area contributed by atoms with E-state index in [0.717, 1.165) is 11.4 Å². The third kappa shape index (κ3) is 2.43. The maximum absolute atomic E-state index is 12.0. The molecule has 2 rings (SSSR count). The van der Waals surface area contributed by atoms with Gasteiger partial charge < -0.3 is 4.74 Å². The molecular formula is C13H15N3O2. The zero-order valence-corrected chi connectivity index (χ0v) is 10.7. The van der Waals surface area contributed by atoms with Crippen LogP contribution >= 0.6 is 0 Å². The number of carbonyl (C=O) groups excluding carboxylic acids is 1. The van der Waals surface area contributed by atoms with Crippen LogP contribution in [-0.2, 0) is 11.2 Å². The zero-order valence-electron chi connectivity index (χ0n) is 10.7. The molecule has 94 valence electrons. The fraction of sp³-hybridized carbons (Fsp3) is 0.462. The van der Waals surface area contributed by atoms with Gasteiger partial charge in [0.1, 0.15) is 17.4 Å². The summed E-state index contributed by atoms with van der Waals surface area (Å²) in [6, 6.07) is 5.35. The summed E-state index contributed by atoms with van der Waals surface area (Å²) in [6.07, 6.45) is 0.289. The van der Waals surface area contributed by atoms with E-state index in [1.807, 2.05) is 26.8 Å². The van der Waals surface area contributed by atoms with Gasteiger partial charge in [0.05, 0.1) is 11.4 Å². The van der Waals surface area contributed by atoms with Gasteiger partial charge in [-0.25, -0.2) is 9.78 Å². The average molecular weight is 245 g/mol. The van der Waals surface area contributed by atoms with Crippen molar-refractivity contribution in [3.05, 3.63) is 23.5 Å². The summed E-state index contributed by atoms with van der Waals surface area (Å²) < 4.78 is 5.33. The van der Waals surface area contributed by atoms with Crippen molar-refractivity contribution in [3.63, 3.8) is 0 Å². The predicted octanol–water partition coefficient (Wildman–Crippen LogP) is 2.25. The minimum absolute atomic E-state index is 0.368. The van der Waals surface area contributed by atoms with Crippen LogP contribution in [0.1, 0.15) is 32.2 Å². The molecule has 5 nitrogen and oxygen atoms in total. The highest BCUT2D eigenvalue weighted by molar-refractivity contribution is 5.90. The number of nitriles is 1. The minimum atomic E-state index is -0.514. The van der Waals surface area contributed by atoms with E-state index >= 15 is 0 Å². The Hall–Kier alpha value is -2.09. The van der Waals surface area contributed by atoms with Gasteiger partial charge in [-0.1, -0.05) is 0 Å². The molecule has 1 aromatic heterocycles. The Morgan fingerprint density at radius 1 is 1.50 bits per heavy atom. The first-order valence-corrected chi connectivity index (χ1v) is 5.81. The Labute approximate surface area is 106 Å². The summed E-state index contributed by atoms with van der Waals surface area (Å²) in [5.74, 6) is 0. The molecule has 0 radical (unpaired) electrons. The number of aromatic nitrogens is 1. The summed E-state index contributed by atoms with van der Waals surface area (Å²) in [4.78, 5) is 17.7. The molecule has 1 aromatic rings. The fourth-order valence-corrected chi connectivity index (χ4v) is 1.83. The number of pyridine rings is 1. The molecule has 1 amide bonds. The van der Waals surface area contributed by atoms with Crippen LogP contribution < -0.4 is 4.90 Å². The predicted molar refractivity (Wildman–Crippen MR) is 66.2 cm³/mol. The van der Waals surface area contributed by atoms with Crippen LogP contribution in [0.15, 0.2) is 12.1 Å². The number of rotatable bonds is 0. The van der Waals surface area contributed by atoms with Gasteiger partial charge in [0, 0.05) is 13.0 Å². The molecule has 18 heavy (non-hydrogen) atoms. The smallest absolute Gasteiger partial charge is 0.414 e. The summed E-state index contributed by atoms with van der Waals surface area (Å²) >= 11 is 0. The van der Waals surface area contributed by atoms with Crippen molar-refractivity contribution in [3.8, 4) is 6.07 Å². The highest BCUT2D eigenvalue weighted by atomic mass is 16.6. The Kier molecular flexibility index (Phi) is 2.95. The van der Waals surface area contributed by atoms with E-state index in [2.05, 4.69) is 4.98 Å². The number of nitrogens with zero attached hydrogens (tertiary/aromatic N) is 3. The Balaban J connectivity index is 2.22. The van der Waals surface area contributed by atoms with Gasteiger partial charge in [0.25, 0.3) is 0 Å². The zero-order chi connectivity index (χ0) is 13.3. The van der Waals surface area contributed by atoms with Crippen LogP contribution in [0.25, 0.3) is 0 Å². The molecule has 0 unspecified atom stereocenters. The minimum Gasteiger partial charge on any atom is -0.443 e. The second-order valence-corrected chi connectivity index (χ2v) is 5.16. The molecule has 0 aliphatic carbocycles. The van der Waals surface area contributed by atoms with Gasteiger partial charge >= 0.3 is 6.09 Å². The summed E-state index contributed by atoms with van der Waals surface area (Å²) in [5.41, 5.74) is 1.38. The van der Waals surface area contributed by atoms with E-state index < -0.39 is 5.60 Å². The van der Waals surface area contributed by atoms with E-state index in [4.69, 9.17) is 10.00 Å². The second-order valence-electron chi connectivity index (χ2n) is 5.16. The van der Waals surface area contributed by atoms with Crippen molar-refractivity contribution in [1.29, 1.82) is 5.26 Å². The third-order valence-electron chi connectivity index (χ3n) is 2.54. The van der Waals surface area contributed by atoms with E-state index in [-0.39, 0.29) is 6.09 Å². The largest absolute Gasteiger partial charge is 0.443 e. The van der Waals surface area contributed by atoms with Gasteiger partial charge in [-0.3, -0.25) is 4.90 Å². The lowest BCUT2D eigenvalue weighted by Gasteiger charge is -2.24. The number of anilines is 1. The van der Waals surface area contributed by atoms with E-state index in [1.54, 1.807) is 17.0 Å². The Morgan fingerprint density at radius 2 is 2.22 bits per heavy atom. The Bertz CT molecular complexity index is 526. The molecule has 0 bridgehead atoms. The van der Waals surface area contributed by atoms with Crippen molar-refractivity contribution in [1.82, 2.24) is 4.98 Å². The molecule has 5 heteroatoms. The summed E-state index contributed by atoms with van der Waals surface area (Å²) in [7, 11) is 0. The fourth-order valence-electron chi connectivity index (χ4n) is 1.83. The van der Waals surface area contributed by atoms with Crippen molar-refractivity contribution in [2.24, 2.45) is 0 Å². The average Bonchev–Trinajstić information content (AvgIpc) is 2.69. The van der Waals surface area contributed by atoms with Gasteiger partial charge in [-0.15, -0.1) is 0 Å². The van der Waals surface area contributed by atoms with Crippen LogP contribution in [0.4, 0.5) is 10.5 Å². The van der Waals surface area contributed by atoms with Crippen LogP contribution in [0.5, 0.6) is 0 Å². The van der Waals surface area contributed by atoms with Crippen LogP contribution in [0.2, 0.25) is 0 Å². The van der Waals surface area contributed by atoms with Crippen LogP contribution in [-0.4, -0.2) is 23.2 Å². The van der Waals surface area contributed by atoms with Crippen LogP contribution in [0, 0.1) is 11.3 Å². The number of carbonyl (C=O) groups is 1. The van der Waals surface area contributed by atoms with Gasteiger partial charge in [0.2, 0.25) is 0 Å². The standard InChI is InChI=1S/C13H15N3O2/c1-13(2,3)18-12(17)16-7-6-10-11(16)5-4-9(8-14)15-10/h4-5H,6-7H2,1-3H3. The molecule has 0 saturated heterocycles. The van der Waals surface area contributed by atoms with E-state index in [9.17, 15) is 4.79 Å². The molecule has 1 aliphatic heterocycles. The first kappa shape index (κ1) is 12.4. The molecule has 1 aliphatic rings. The lowest BCUT2D eigenvalue weighted by atomic mass is 10.2. The van der Waals surface area contributed by atoms with Crippen LogP contribution in [0.3, 0.4) is 0 Å². The number of hydrogen-bond donors (Lipinski definition) is 0. The highest BCUT2D eigenvalue weighted by Gasteiger charge is 2.29. The summed E-state index contributed by atoms with van der Waals surface area (Å²) in [6.45, 7) is 6.04. The first-order chi connectivity index (χ1) is 8.40. The van der Waals surface area contributed by atoms with Crippen molar-refractivity contribution >= 4 is 11.8 Å². The molecule has 0 saturated carbocycles. The molecule has 0 N–H and O–H groups in total. The molecule has 2 heterocycles. The monoisotopic (exact) mass is 245 g/mol. The first-order valence-electron chi connectivity index (χ1n) is 5.81. The molecular weight excluding hydrogens is 230 g/mol. The van der Waals surface area contributed by atoms with Gasteiger partial charge in [0.15, 0.2) is 0 Å². The van der Waals surface area contributed by atoms with Crippen molar-refractivity contribution < 1.29 is 9.53 Å². The SMILES string of the molecule is CC(C)(C)OC(=O)N1CCc2nc(C#N)ccc21. The molecule has 0 fully saturated rings.